The number of nitrogens with two attached hydrogens (primary N) is 1. The molecule has 0 saturated carbocycles. The van der Waals surface area contributed by atoms with Gasteiger partial charge < -0.3 is 10.5 Å². The van der Waals surface area contributed by atoms with Crippen LogP contribution in [-0.2, 0) is 6.54 Å². The lowest BCUT2D eigenvalue weighted by molar-refractivity contribution is 0.446. The Morgan fingerprint density at radius 1 is 1.28 bits per heavy atom. The van der Waals surface area contributed by atoms with Crippen LogP contribution >= 0.6 is 0 Å². The summed E-state index contributed by atoms with van der Waals surface area (Å²) in [7, 11) is 0. The molecule has 18 heavy (non-hydrogen) atoms. The average Bonchev–Trinajstić information content (AvgIpc) is 2.27. The molecule has 4 nitrogen and oxygen atoms in total. The van der Waals surface area contributed by atoms with Gasteiger partial charge in [0.25, 0.3) is 0 Å². The SMILES string of the molecule is Cc1cc(Oc2cccc(F)c2CN)nc(C)n1. The van der Waals surface area contributed by atoms with Crippen LogP contribution in [0, 0.1) is 19.7 Å². The van der Waals surface area contributed by atoms with E-state index >= 15 is 0 Å². The molecule has 0 aliphatic carbocycles. The molecule has 0 fully saturated rings. The topological polar surface area (TPSA) is 61.0 Å². The zero-order chi connectivity index (χ0) is 13.1. The summed E-state index contributed by atoms with van der Waals surface area (Å²) < 4.78 is 19.1. The number of halogens is 1. The number of aromatic nitrogens is 2. The van der Waals surface area contributed by atoms with Gasteiger partial charge in [0.1, 0.15) is 17.4 Å². The normalized spacial score (nSPS) is 10.4. The molecule has 94 valence electrons. The molecule has 2 rings (SSSR count). The largest absolute Gasteiger partial charge is 0.438 e. The third-order valence-electron chi connectivity index (χ3n) is 2.44. The highest BCUT2D eigenvalue weighted by Gasteiger charge is 2.10. The lowest BCUT2D eigenvalue weighted by Crippen LogP contribution is -2.03. The highest BCUT2D eigenvalue weighted by atomic mass is 19.1. The third kappa shape index (κ3) is 2.62. The summed E-state index contributed by atoms with van der Waals surface area (Å²) in [5.74, 6) is 1.00. The molecule has 0 amide bonds. The summed E-state index contributed by atoms with van der Waals surface area (Å²) in [5, 5.41) is 0. The Bertz CT molecular complexity index is 552. The van der Waals surface area contributed by atoms with Gasteiger partial charge in [-0.05, 0) is 26.0 Å². The summed E-state index contributed by atoms with van der Waals surface area (Å²) in [6, 6.07) is 6.28. The first-order valence-electron chi connectivity index (χ1n) is 5.57. The van der Waals surface area contributed by atoms with Crippen LogP contribution in [-0.4, -0.2) is 9.97 Å². The van der Waals surface area contributed by atoms with Crippen molar-refractivity contribution < 1.29 is 9.13 Å². The molecule has 5 heteroatoms. The maximum Gasteiger partial charge on any atom is 0.222 e. The number of aryl methyl sites for hydroxylation is 2. The minimum atomic E-state index is -0.377. The van der Waals surface area contributed by atoms with Crippen LogP contribution in [0.15, 0.2) is 24.3 Å². The monoisotopic (exact) mass is 247 g/mol. The van der Waals surface area contributed by atoms with Gasteiger partial charge in [0.2, 0.25) is 5.88 Å². The molecular weight excluding hydrogens is 233 g/mol. The van der Waals surface area contributed by atoms with Crippen LogP contribution in [0.1, 0.15) is 17.1 Å². The molecule has 2 aromatic rings. The van der Waals surface area contributed by atoms with Crippen molar-refractivity contribution in [3.05, 3.63) is 47.2 Å². The van der Waals surface area contributed by atoms with Gasteiger partial charge in [0.05, 0.1) is 0 Å². The highest BCUT2D eigenvalue weighted by Crippen LogP contribution is 2.26. The number of hydrogen-bond acceptors (Lipinski definition) is 4. The fourth-order valence-electron chi connectivity index (χ4n) is 1.68. The van der Waals surface area contributed by atoms with Gasteiger partial charge in [-0.1, -0.05) is 6.07 Å². The molecule has 0 bridgehead atoms. The van der Waals surface area contributed by atoms with Crippen LogP contribution in [0.3, 0.4) is 0 Å². The quantitative estimate of drug-likeness (QED) is 0.905. The lowest BCUT2D eigenvalue weighted by Gasteiger charge is -2.10. The second kappa shape index (κ2) is 5.10. The molecule has 0 radical (unpaired) electrons. The molecule has 0 atom stereocenters. The fraction of sp³-hybridized carbons (Fsp3) is 0.231. The molecular formula is C13H14FN3O. The molecule has 0 spiro atoms. The van der Waals surface area contributed by atoms with Crippen LogP contribution in [0.5, 0.6) is 11.6 Å². The molecule has 1 aromatic carbocycles. The second-order valence-electron chi connectivity index (χ2n) is 3.92. The van der Waals surface area contributed by atoms with E-state index in [-0.39, 0.29) is 12.4 Å². The zero-order valence-corrected chi connectivity index (χ0v) is 10.3. The van der Waals surface area contributed by atoms with E-state index in [1.807, 2.05) is 6.92 Å². The van der Waals surface area contributed by atoms with Crippen molar-refractivity contribution in [3.63, 3.8) is 0 Å². The molecule has 0 saturated heterocycles. The van der Waals surface area contributed by atoms with Crippen molar-refractivity contribution >= 4 is 0 Å². The fourth-order valence-corrected chi connectivity index (χ4v) is 1.68. The van der Waals surface area contributed by atoms with Crippen LogP contribution in [0.4, 0.5) is 4.39 Å². The van der Waals surface area contributed by atoms with Crippen molar-refractivity contribution in [1.82, 2.24) is 9.97 Å². The van der Waals surface area contributed by atoms with Gasteiger partial charge in [0.15, 0.2) is 0 Å². The first kappa shape index (κ1) is 12.4. The van der Waals surface area contributed by atoms with Gasteiger partial charge in [0, 0.05) is 23.9 Å². The average molecular weight is 247 g/mol. The van der Waals surface area contributed by atoms with E-state index in [1.54, 1.807) is 25.1 Å². The Labute approximate surface area is 105 Å². The molecule has 1 heterocycles. The standard InChI is InChI=1S/C13H14FN3O/c1-8-6-13(17-9(2)16-8)18-12-5-3-4-11(14)10(12)7-15/h3-6H,7,15H2,1-2H3. The Hall–Kier alpha value is -2.01. The van der Waals surface area contributed by atoms with E-state index < -0.39 is 0 Å². The van der Waals surface area contributed by atoms with E-state index in [0.29, 0.717) is 23.0 Å². The van der Waals surface area contributed by atoms with Crippen molar-refractivity contribution in [2.75, 3.05) is 0 Å². The minimum Gasteiger partial charge on any atom is -0.438 e. The summed E-state index contributed by atoms with van der Waals surface area (Å²) in [4.78, 5) is 8.28. The zero-order valence-electron chi connectivity index (χ0n) is 10.3. The van der Waals surface area contributed by atoms with Crippen molar-refractivity contribution in [2.24, 2.45) is 5.73 Å². The van der Waals surface area contributed by atoms with Crippen LogP contribution in [0.25, 0.3) is 0 Å². The Kier molecular flexibility index (Phi) is 3.53. The molecule has 2 N–H and O–H groups in total. The van der Waals surface area contributed by atoms with Crippen molar-refractivity contribution in [1.29, 1.82) is 0 Å². The van der Waals surface area contributed by atoms with Crippen LogP contribution < -0.4 is 10.5 Å². The number of rotatable bonds is 3. The Morgan fingerprint density at radius 3 is 2.72 bits per heavy atom. The molecule has 0 aliphatic rings. The van der Waals surface area contributed by atoms with E-state index in [0.717, 1.165) is 5.69 Å². The van der Waals surface area contributed by atoms with E-state index in [1.165, 1.54) is 6.07 Å². The molecule has 1 aromatic heterocycles. The van der Waals surface area contributed by atoms with Gasteiger partial charge in [-0.2, -0.15) is 4.98 Å². The summed E-state index contributed by atoms with van der Waals surface area (Å²) >= 11 is 0. The number of ether oxygens (including phenoxy) is 1. The number of nitrogens with zero attached hydrogens (tertiary/aromatic N) is 2. The highest BCUT2D eigenvalue weighted by molar-refractivity contribution is 5.37. The van der Waals surface area contributed by atoms with E-state index in [2.05, 4.69) is 9.97 Å². The minimum absolute atomic E-state index is 0.0745. The maximum absolute atomic E-state index is 13.5. The van der Waals surface area contributed by atoms with Gasteiger partial charge in [-0.3, -0.25) is 0 Å². The second-order valence-corrected chi connectivity index (χ2v) is 3.92. The number of benzene rings is 1. The Morgan fingerprint density at radius 2 is 2.06 bits per heavy atom. The smallest absolute Gasteiger partial charge is 0.222 e. The van der Waals surface area contributed by atoms with Crippen molar-refractivity contribution in [2.45, 2.75) is 20.4 Å². The van der Waals surface area contributed by atoms with Gasteiger partial charge in [-0.15, -0.1) is 0 Å². The predicted molar refractivity (Wildman–Crippen MR) is 65.9 cm³/mol. The third-order valence-corrected chi connectivity index (χ3v) is 2.44. The van der Waals surface area contributed by atoms with E-state index in [9.17, 15) is 4.39 Å². The summed E-state index contributed by atoms with van der Waals surface area (Å²) in [6.45, 7) is 3.69. The Balaban J connectivity index is 2.36. The number of hydrogen-bond donors (Lipinski definition) is 1. The summed E-state index contributed by atoms with van der Waals surface area (Å²) in [5.41, 5.74) is 6.65. The lowest BCUT2D eigenvalue weighted by atomic mass is 10.2. The van der Waals surface area contributed by atoms with Crippen molar-refractivity contribution in [3.8, 4) is 11.6 Å². The maximum atomic E-state index is 13.5. The first-order valence-corrected chi connectivity index (χ1v) is 5.57. The predicted octanol–water partition coefficient (Wildman–Crippen LogP) is 2.48. The van der Waals surface area contributed by atoms with Gasteiger partial charge in [-0.25, -0.2) is 9.37 Å². The first-order chi connectivity index (χ1) is 8.60. The molecule has 0 unspecified atom stereocenters. The van der Waals surface area contributed by atoms with E-state index in [4.69, 9.17) is 10.5 Å². The van der Waals surface area contributed by atoms with Gasteiger partial charge >= 0.3 is 0 Å². The van der Waals surface area contributed by atoms with Crippen LogP contribution in [0.2, 0.25) is 0 Å². The molecule has 0 aliphatic heterocycles. The summed E-state index contributed by atoms with van der Waals surface area (Å²) in [6.07, 6.45) is 0.